The van der Waals surface area contributed by atoms with Crippen LogP contribution in [0, 0.1) is 6.92 Å². The zero-order valence-electron chi connectivity index (χ0n) is 10.6. The Labute approximate surface area is 125 Å². The van der Waals surface area contributed by atoms with Gasteiger partial charge in [0.1, 0.15) is 0 Å². The lowest BCUT2D eigenvalue weighted by molar-refractivity contribution is -0.115. The number of para-hydroxylation sites is 1. The Balaban J connectivity index is 1.84. The van der Waals surface area contributed by atoms with Crippen molar-refractivity contribution in [1.82, 2.24) is 15.5 Å². The number of rotatable bonds is 5. The number of carbonyl (C=O) groups excluding carboxylic acids is 1. The highest BCUT2D eigenvalue weighted by atomic mass is 35.5. The molecule has 1 amide bonds. The fourth-order valence-corrected chi connectivity index (χ4v) is 1.99. The van der Waals surface area contributed by atoms with Crippen LogP contribution in [-0.4, -0.2) is 22.6 Å². The molecule has 0 aliphatic carbocycles. The van der Waals surface area contributed by atoms with Crippen LogP contribution in [0.25, 0.3) is 0 Å². The number of aryl methyl sites for hydroxylation is 1. The van der Waals surface area contributed by atoms with Gasteiger partial charge < -0.3 is 15.2 Å². The topological polar surface area (TPSA) is 80.0 Å². The molecule has 1 heterocycles. The van der Waals surface area contributed by atoms with E-state index in [0.29, 0.717) is 34.0 Å². The lowest BCUT2D eigenvalue weighted by Gasteiger charge is -2.09. The molecule has 0 unspecified atom stereocenters. The summed E-state index contributed by atoms with van der Waals surface area (Å²) in [6, 6.07) is 5.01. The van der Waals surface area contributed by atoms with Crippen molar-refractivity contribution in [3.05, 3.63) is 40.0 Å². The zero-order valence-corrected chi connectivity index (χ0v) is 12.1. The molecule has 2 aromatic rings. The van der Waals surface area contributed by atoms with E-state index >= 15 is 0 Å². The molecule has 0 aliphatic rings. The lowest BCUT2D eigenvalue weighted by atomic mass is 10.3. The summed E-state index contributed by atoms with van der Waals surface area (Å²) in [7, 11) is 0. The molecule has 0 radical (unpaired) electrons. The Morgan fingerprint density at radius 3 is 2.65 bits per heavy atom. The van der Waals surface area contributed by atoms with E-state index in [0.717, 1.165) is 0 Å². The maximum atomic E-state index is 11.8. The average Bonchev–Trinajstić information content (AvgIpc) is 2.80. The van der Waals surface area contributed by atoms with Crippen LogP contribution in [0.4, 0.5) is 5.69 Å². The third kappa shape index (κ3) is 3.93. The second kappa shape index (κ2) is 6.69. The van der Waals surface area contributed by atoms with Crippen molar-refractivity contribution in [1.29, 1.82) is 0 Å². The molecular formula is C12H12Cl2N4O2. The number of carbonyl (C=O) groups is 1. The largest absolute Gasteiger partial charge is 0.340 e. The van der Waals surface area contributed by atoms with E-state index in [1.165, 1.54) is 0 Å². The van der Waals surface area contributed by atoms with Gasteiger partial charge in [0, 0.05) is 6.92 Å². The summed E-state index contributed by atoms with van der Waals surface area (Å²) in [5, 5.41) is 10.0. The molecule has 0 fully saturated rings. The van der Waals surface area contributed by atoms with Crippen molar-refractivity contribution in [2.45, 2.75) is 13.5 Å². The van der Waals surface area contributed by atoms with Gasteiger partial charge in [0.15, 0.2) is 5.82 Å². The summed E-state index contributed by atoms with van der Waals surface area (Å²) in [4.78, 5) is 15.8. The average molecular weight is 315 g/mol. The quantitative estimate of drug-likeness (QED) is 0.886. The molecule has 0 spiro atoms. The van der Waals surface area contributed by atoms with Crippen molar-refractivity contribution in [2.75, 3.05) is 11.9 Å². The molecule has 8 heteroatoms. The smallest absolute Gasteiger partial charge is 0.238 e. The SMILES string of the molecule is Cc1nc(CNCC(=O)Nc2c(Cl)cccc2Cl)no1. The summed E-state index contributed by atoms with van der Waals surface area (Å²) in [6.07, 6.45) is 0. The van der Waals surface area contributed by atoms with Gasteiger partial charge in [0.05, 0.1) is 28.8 Å². The standard InChI is InChI=1S/C12H12Cl2N4O2/c1-7-16-10(18-20-7)5-15-6-11(19)17-12-8(13)3-2-4-9(12)14/h2-4,15H,5-6H2,1H3,(H,17,19). The van der Waals surface area contributed by atoms with Gasteiger partial charge in [-0.05, 0) is 12.1 Å². The minimum Gasteiger partial charge on any atom is -0.340 e. The predicted molar refractivity (Wildman–Crippen MR) is 75.8 cm³/mol. The summed E-state index contributed by atoms with van der Waals surface area (Å²) in [5.74, 6) is 0.709. The van der Waals surface area contributed by atoms with E-state index in [1.807, 2.05) is 0 Å². The first kappa shape index (κ1) is 14.8. The second-order valence-corrected chi connectivity index (χ2v) is 4.79. The summed E-state index contributed by atoms with van der Waals surface area (Å²) >= 11 is 11.9. The number of hydrogen-bond acceptors (Lipinski definition) is 5. The van der Waals surface area contributed by atoms with Crippen LogP contribution in [0.3, 0.4) is 0 Å². The van der Waals surface area contributed by atoms with Crippen molar-refractivity contribution in [2.24, 2.45) is 0 Å². The predicted octanol–water partition coefficient (Wildman–Crippen LogP) is 2.41. The number of nitrogens with zero attached hydrogens (tertiary/aromatic N) is 2. The highest BCUT2D eigenvalue weighted by molar-refractivity contribution is 6.39. The van der Waals surface area contributed by atoms with E-state index in [9.17, 15) is 4.79 Å². The van der Waals surface area contributed by atoms with Gasteiger partial charge in [-0.3, -0.25) is 4.79 Å². The lowest BCUT2D eigenvalue weighted by Crippen LogP contribution is -2.28. The third-order valence-electron chi connectivity index (χ3n) is 2.37. The van der Waals surface area contributed by atoms with E-state index < -0.39 is 0 Å². The molecule has 2 rings (SSSR count). The number of hydrogen-bond donors (Lipinski definition) is 2. The molecule has 0 aliphatic heterocycles. The molecule has 20 heavy (non-hydrogen) atoms. The van der Waals surface area contributed by atoms with Crippen molar-refractivity contribution >= 4 is 34.8 Å². The van der Waals surface area contributed by atoms with Gasteiger partial charge in [0.25, 0.3) is 0 Å². The monoisotopic (exact) mass is 314 g/mol. The molecule has 106 valence electrons. The molecular weight excluding hydrogens is 303 g/mol. The van der Waals surface area contributed by atoms with Crippen LogP contribution < -0.4 is 10.6 Å². The first-order valence-corrected chi connectivity index (χ1v) is 6.55. The van der Waals surface area contributed by atoms with Gasteiger partial charge in [-0.2, -0.15) is 4.98 Å². The third-order valence-corrected chi connectivity index (χ3v) is 3.00. The van der Waals surface area contributed by atoms with Gasteiger partial charge >= 0.3 is 0 Å². The molecule has 0 saturated carbocycles. The first-order chi connectivity index (χ1) is 9.56. The van der Waals surface area contributed by atoms with Gasteiger partial charge in [-0.25, -0.2) is 0 Å². The Morgan fingerprint density at radius 1 is 1.35 bits per heavy atom. The maximum Gasteiger partial charge on any atom is 0.238 e. The molecule has 6 nitrogen and oxygen atoms in total. The van der Waals surface area contributed by atoms with E-state index in [1.54, 1.807) is 25.1 Å². The van der Waals surface area contributed by atoms with Crippen molar-refractivity contribution in [3.8, 4) is 0 Å². The second-order valence-electron chi connectivity index (χ2n) is 3.98. The molecule has 1 aromatic carbocycles. The summed E-state index contributed by atoms with van der Waals surface area (Å²) in [5.41, 5.74) is 0.401. The Hall–Kier alpha value is -1.63. The van der Waals surface area contributed by atoms with E-state index in [4.69, 9.17) is 27.7 Å². The van der Waals surface area contributed by atoms with Gasteiger partial charge in [-0.15, -0.1) is 0 Å². The Bertz CT molecular complexity index is 595. The summed E-state index contributed by atoms with van der Waals surface area (Å²) in [6.45, 7) is 2.11. The molecule has 1 aromatic heterocycles. The number of anilines is 1. The molecule has 0 bridgehead atoms. The van der Waals surface area contributed by atoms with E-state index in [-0.39, 0.29) is 12.5 Å². The number of halogens is 2. The van der Waals surface area contributed by atoms with Crippen LogP contribution in [-0.2, 0) is 11.3 Å². The van der Waals surface area contributed by atoms with Gasteiger partial charge in [-0.1, -0.05) is 34.4 Å². The maximum absolute atomic E-state index is 11.8. The van der Waals surface area contributed by atoms with Gasteiger partial charge in [0.2, 0.25) is 11.8 Å². The van der Waals surface area contributed by atoms with Crippen LogP contribution in [0.15, 0.2) is 22.7 Å². The normalized spacial score (nSPS) is 10.6. The molecule has 0 atom stereocenters. The Morgan fingerprint density at radius 2 is 2.05 bits per heavy atom. The minimum atomic E-state index is -0.264. The van der Waals surface area contributed by atoms with Crippen molar-refractivity contribution in [3.63, 3.8) is 0 Å². The first-order valence-electron chi connectivity index (χ1n) is 5.80. The zero-order chi connectivity index (χ0) is 14.5. The Kier molecular flexibility index (Phi) is 4.94. The highest BCUT2D eigenvalue weighted by Crippen LogP contribution is 2.29. The van der Waals surface area contributed by atoms with Crippen LogP contribution in [0.1, 0.15) is 11.7 Å². The number of nitrogens with one attached hydrogen (secondary N) is 2. The molecule has 2 N–H and O–H groups in total. The minimum absolute atomic E-state index is 0.0785. The van der Waals surface area contributed by atoms with Crippen molar-refractivity contribution < 1.29 is 9.32 Å². The fraction of sp³-hybridized carbons (Fsp3) is 0.250. The van der Waals surface area contributed by atoms with Crippen LogP contribution in [0.5, 0.6) is 0 Å². The number of benzene rings is 1. The number of aromatic nitrogens is 2. The fourth-order valence-electron chi connectivity index (χ4n) is 1.50. The van der Waals surface area contributed by atoms with E-state index in [2.05, 4.69) is 20.8 Å². The molecule has 0 saturated heterocycles. The highest BCUT2D eigenvalue weighted by Gasteiger charge is 2.09. The summed E-state index contributed by atoms with van der Waals surface area (Å²) < 4.78 is 4.81. The number of amides is 1. The van der Waals surface area contributed by atoms with Crippen LogP contribution >= 0.6 is 23.2 Å². The van der Waals surface area contributed by atoms with Crippen LogP contribution in [0.2, 0.25) is 10.0 Å².